The number of carbonyl (C=O) groups excluding carboxylic acids is 3. The van der Waals surface area contributed by atoms with E-state index in [-0.39, 0.29) is 30.2 Å². The molecule has 1 aliphatic carbocycles. The number of benzene rings is 1. The predicted molar refractivity (Wildman–Crippen MR) is 129 cm³/mol. The van der Waals surface area contributed by atoms with Crippen molar-refractivity contribution in [1.29, 1.82) is 0 Å². The lowest BCUT2D eigenvalue weighted by molar-refractivity contribution is -0.158. The van der Waals surface area contributed by atoms with Gasteiger partial charge in [-0.05, 0) is 31.2 Å². The summed E-state index contributed by atoms with van der Waals surface area (Å²) in [5.41, 5.74) is 0.862. The van der Waals surface area contributed by atoms with E-state index >= 15 is 0 Å². The van der Waals surface area contributed by atoms with Gasteiger partial charge in [0.1, 0.15) is 6.04 Å². The average molecular weight is 472 g/mol. The number of ether oxygens (including phenoxy) is 1. The monoisotopic (exact) mass is 471 g/mol. The molecule has 7 nitrogen and oxygen atoms in total. The standard InChI is InChI=1S/C25H33N3O4S/c1-17(2)22(27-21(29)16-19-10-6-4-7-11-19)24(31)32-18(3)23(30)28(25-26-14-15-33-25)20-12-8-5-9-13-20/h4,6-7,10-11,14-15,17-18,20,22H,5,8-9,12-13,16H2,1-3H3,(H,27,29)/t18?,22-/m0/s1. The number of hydrogen-bond donors (Lipinski definition) is 1. The van der Waals surface area contributed by atoms with E-state index < -0.39 is 18.1 Å². The number of rotatable bonds is 9. The third-order valence-electron chi connectivity index (χ3n) is 5.89. The van der Waals surface area contributed by atoms with Crippen LogP contribution in [0.15, 0.2) is 41.9 Å². The highest BCUT2D eigenvalue weighted by atomic mass is 32.1. The Kier molecular flexibility index (Phi) is 9.00. The molecule has 0 aliphatic heterocycles. The average Bonchev–Trinajstić information content (AvgIpc) is 3.33. The van der Waals surface area contributed by atoms with Gasteiger partial charge in [-0.15, -0.1) is 11.3 Å². The Morgan fingerprint density at radius 2 is 1.82 bits per heavy atom. The van der Waals surface area contributed by atoms with Gasteiger partial charge < -0.3 is 10.1 Å². The number of thiazole rings is 1. The molecule has 1 aromatic heterocycles. The van der Waals surface area contributed by atoms with Crippen LogP contribution >= 0.6 is 11.3 Å². The van der Waals surface area contributed by atoms with Gasteiger partial charge in [0.2, 0.25) is 5.91 Å². The Bertz CT molecular complexity index is 911. The number of hydrogen-bond acceptors (Lipinski definition) is 6. The van der Waals surface area contributed by atoms with Crippen molar-refractivity contribution in [2.45, 2.75) is 77.5 Å². The Morgan fingerprint density at radius 1 is 1.12 bits per heavy atom. The molecule has 1 fully saturated rings. The van der Waals surface area contributed by atoms with Gasteiger partial charge in [0.05, 0.1) is 6.42 Å². The maximum absolute atomic E-state index is 13.4. The van der Waals surface area contributed by atoms with Gasteiger partial charge in [-0.1, -0.05) is 63.4 Å². The van der Waals surface area contributed by atoms with Gasteiger partial charge in [-0.3, -0.25) is 14.5 Å². The zero-order valence-corrected chi connectivity index (χ0v) is 20.3. The molecule has 1 heterocycles. The van der Waals surface area contributed by atoms with Gasteiger partial charge in [-0.25, -0.2) is 9.78 Å². The molecule has 1 saturated carbocycles. The normalized spacial score (nSPS) is 16.1. The van der Waals surface area contributed by atoms with Crippen LogP contribution in [0, 0.1) is 5.92 Å². The van der Waals surface area contributed by atoms with Gasteiger partial charge in [0.25, 0.3) is 5.91 Å². The maximum Gasteiger partial charge on any atom is 0.329 e. The van der Waals surface area contributed by atoms with E-state index in [1.807, 2.05) is 49.6 Å². The smallest absolute Gasteiger partial charge is 0.329 e. The minimum atomic E-state index is -0.976. The molecule has 3 rings (SSSR count). The number of anilines is 1. The first-order valence-electron chi connectivity index (χ1n) is 11.6. The molecule has 0 saturated heterocycles. The van der Waals surface area contributed by atoms with E-state index in [0.717, 1.165) is 31.2 Å². The quantitative estimate of drug-likeness (QED) is 0.556. The minimum Gasteiger partial charge on any atom is -0.451 e. The molecule has 1 aliphatic rings. The van der Waals surface area contributed by atoms with Crippen LogP contribution in [0.2, 0.25) is 0 Å². The van der Waals surface area contributed by atoms with Crippen molar-refractivity contribution in [3.63, 3.8) is 0 Å². The van der Waals surface area contributed by atoms with Crippen molar-refractivity contribution in [1.82, 2.24) is 10.3 Å². The predicted octanol–water partition coefficient (Wildman–Crippen LogP) is 4.12. The summed E-state index contributed by atoms with van der Waals surface area (Å²) < 4.78 is 5.59. The maximum atomic E-state index is 13.4. The first kappa shape index (κ1) is 24.9. The number of aromatic nitrogens is 1. The van der Waals surface area contributed by atoms with Crippen molar-refractivity contribution < 1.29 is 19.1 Å². The van der Waals surface area contributed by atoms with Crippen LogP contribution in [-0.2, 0) is 25.5 Å². The molecular weight excluding hydrogens is 438 g/mol. The number of nitrogens with one attached hydrogen (secondary N) is 1. The second-order valence-electron chi connectivity index (χ2n) is 8.85. The number of esters is 1. The molecule has 178 valence electrons. The van der Waals surface area contributed by atoms with E-state index in [4.69, 9.17) is 4.74 Å². The van der Waals surface area contributed by atoms with Crippen LogP contribution in [-0.4, -0.2) is 41.0 Å². The highest BCUT2D eigenvalue weighted by Gasteiger charge is 2.35. The summed E-state index contributed by atoms with van der Waals surface area (Å²) in [4.78, 5) is 44.9. The van der Waals surface area contributed by atoms with Crippen LogP contribution in [0.1, 0.15) is 58.4 Å². The molecule has 2 aromatic rings. The van der Waals surface area contributed by atoms with E-state index in [2.05, 4.69) is 10.3 Å². The van der Waals surface area contributed by atoms with Crippen molar-refractivity contribution in [3.8, 4) is 0 Å². The van der Waals surface area contributed by atoms with Crippen molar-refractivity contribution in [3.05, 3.63) is 47.5 Å². The fourth-order valence-electron chi connectivity index (χ4n) is 4.10. The van der Waals surface area contributed by atoms with Gasteiger partial charge in [-0.2, -0.15) is 0 Å². The van der Waals surface area contributed by atoms with Crippen LogP contribution in [0.3, 0.4) is 0 Å². The van der Waals surface area contributed by atoms with Gasteiger partial charge in [0.15, 0.2) is 11.2 Å². The molecular formula is C25H33N3O4S. The topological polar surface area (TPSA) is 88.6 Å². The summed E-state index contributed by atoms with van der Waals surface area (Å²) in [5, 5.41) is 5.25. The molecule has 1 unspecified atom stereocenters. The summed E-state index contributed by atoms with van der Waals surface area (Å²) in [7, 11) is 0. The number of nitrogens with zero attached hydrogens (tertiary/aromatic N) is 2. The second kappa shape index (κ2) is 11.9. The molecule has 8 heteroatoms. The van der Waals surface area contributed by atoms with E-state index in [1.54, 1.807) is 18.0 Å². The Balaban J connectivity index is 1.65. The molecule has 0 radical (unpaired) electrons. The Morgan fingerprint density at radius 3 is 2.42 bits per heavy atom. The molecule has 1 N–H and O–H groups in total. The van der Waals surface area contributed by atoms with Crippen LogP contribution < -0.4 is 10.2 Å². The van der Waals surface area contributed by atoms with Crippen LogP contribution in [0.5, 0.6) is 0 Å². The van der Waals surface area contributed by atoms with E-state index in [9.17, 15) is 14.4 Å². The largest absolute Gasteiger partial charge is 0.451 e. The zero-order valence-electron chi connectivity index (χ0n) is 19.5. The molecule has 2 amide bonds. The lowest BCUT2D eigenvalue weighted by Gasteiger charge is -2.34. The van der Waals surface area contributed by atoms with E-state index in [1.165, 1.54) is 17.8 Å². The molecule has 1 aromatic carbocycles. The molecule has 33 heavy (non-hydrogen) atoms. The SMILES string of the molecule is CC(OC(=O)[C@@H](NC(=O)Cc1ccccc1)C(C)C)C(=O)N(c1nccs1)C1CCCCC1. The lowest BCUT2D eigenvalue weighted by Crippen LogP contribution is -2.50. The summed E-state index contributed by atoms with van der Waals surface area (Å²) >= 11 is 1.41. The van der Waals surface area contributed by atoms with Crippen molar-refractivity contribution in [2.24, 2.45) is 5.92 Å². The lowest BCUT2D eigenvalue weighted by atomic mass is 9.94. The molecule has 2 atom stereocenters. The van der Waals surface area contributed by atoms with Crippen molar-refractivity contribution in [2.75, 3.05) is 4.90 Å². The first-order chi connectivity index (χ1) is 15.9. The summed E-state index contributed by atoms with van der Waals surface area (Å²) in [6.45, 7) is 5.27. The third kappa shape index (κ3) is 6.87. The second-order valence-corrected chi connectivity index (χ2v) is 9.72. The highest BCUT2D eigenvalue weighted by Crippen LogP contribution is 2.29. The fourth-order valence-corrected chi connectivity index (χ4v) is 4.82. The Labute approximate surface area is 199 Å². The third-order valence-corrected chi connectivity index (χ3v) is 6.66. The number of carbonyl (C=O) groups is 3. The minimum absolute atomic E-state index is 0.0602. The molecule has 0 bridgehead atoms. The zero-order chi connectivity index (χ0) is 23.8. The highest BCUT2D eigenvalue weighted by molar-refractivity contribution is 7.13. The Hall–Kier alpha value is -2.74. The fraction of sp³-hybridized carbons (Fsp3) is 0.520. The molecule has 0 spiro atoms. The van der Waals surface area contributed by atoms with Crippen LogP contribution in [0.4, 0.5) is 5.13 Å². The van der Waals surface area contributed by atoms with Gasteiger partial charge >= 0.3 is 5.97 Å². The van der Waals surface area contributed by atoms with Crippen LogP contribution in [0.25, 0.3) is 0 Å². The van der Waals surface area contributed by atoms with Crippen molar-refractivity contribution >= 4 is 34.3 Å². The van der Waals surface area contributed by atoms with Gasteiger partial charge in [0, 0.05) is 17.6 Å². The number of amides is 2. The summed E-state index contributed by atoms with van der Waals surface area (Å²) in [6, 6.07) is 8.57. The summed E-state index contributed by atoms with van der Waals surface area (Å²) in [6.07, 6.45) is 6.00. The first-order valence-corrected chi connectivity index (χ1v) is 12.5. The summed E-state index contributed by atoms with van der Waals surface area (Å²) in [5.74, 6) is -1.33. The van der Waals surface area contributed by atoms with E-state index in [0.29, 0.717) is 5.13 Å².